The third-order valence-corrected chi connectivity index (χ3v) is 10.8. The Bertz CT molecular complexity index is 2070. The van der Waals surface area contributed by atoms with Crippen LogP contribution < -0.4 is 16.1 Å². The molecule has 3 aliphatic rings. The van der Waals surface area contributed by atoms with E-state index in [-0.39, 0.29) is 36.6 Å². The molecular formula is C45H44BN3O2. The zero-order valence-corrected chi connectivity index (χ0v) is 29.7. The molecule has 51 heavy (non-hydrogen) atoms. The lowest BCUT2D eigenvalue weighted by atomic mass is 9.76. The molecule has 8 rings (SSSR count). The lowest BCUT2D eigenvalue weighted by Gasteiger charge is -2.34. The summed E-state index contributed by atoms with van der Waals surface area (Å²) in [5.41, 5.74) is 9.74. The Labute approximate surface area is 302 Å². The van der Waals surface area contributed by atoms with Gasteiger partial charge < -0.3 is 14.6 Å². The minimum atomic E-state index is -0.373. The molecule has 0 bridgehead atoms. The highest BCUT2D eigenvalue weighted by molar-refractivity contribution is 6.62. The van der Waals surface area contributed by atoms with E-state index in [4.69, 9.17) is 14.3 Å². The van der Waals surface area contributed by atoms with E-state index in [1.54, 1.807) is 0 Å². The molecule has 6 heteroatoms. The standard InChI is InChI=1S/C45H44BN3O2/c1-44(2)45(3,4)51-46(50-44)40-17-11-16-39(30-40)35-22-28-38(29-23-35)43-48-41(36-24-18-33(19-25-36)31-12-7-5-8-13-31)47-42(49-43)37-26-20-34(21-27-37)32-14-9-6-10-15-32/h5-22,24-30,35,41,43,48H,23H2,1-4H3,(H,47,49). The molecule has 5 aromatic carbocycles. The summed E-state index contributed by atoms with van der Waals surface area (Å²) in [7, 11) is -0.373. The van der Waals surface area contributed by atoms with Crippen molar-refractivity contribution in [2.24, 2.45) is 4.99 Å². The number of allylic oxidation sites excluding steroid dienone is 2. The van der Waals surface area contributed by atoms with Crippen LogP contribution in [0.4, 0.5) is 0 Å². The average Bonchev–Trinajstić information content (AvgIpc) is 3.41. The molecule has 1 aliphatic carbocycles. The fourth-order valence-corrected chi connectivity index (χ4v) is 7.00. The van der Waals surface area contributed by atoms with E-state index in [9.17, 15) is 0 Å². The van der Waals surface area contributed by atoms with Crippen molar-refractivity contribution in [3.05, 3.63) is 174 Å². The fourth-order valence-electron chi connectivity index (χ4n) is 7.00. The molecule has 0 amide bonds. The Balaban J connectivity index is 1.04. The Hall–Kier alpha value is -5.01. The summed E-state index contributed by atoms with van der Waals surface area (Å²) < 4.78 is 12.7. The molecule has 0 aromatic heterocycles. The van der Waals surface area contributed by atoms with Crippen LogP contribution in [0.1, 0.15) is 62.9 Å². The maximum Gasteiger partial charge on any atom is 0.494 e. The quantitative estimate of drug-likeness (QED) is 0.170. The van der Waals surface area contributed by atoms with Crippen molar-refractivity contribution in [3.8, 4) is 22.3 Å². The second kappa shape index (κ2) is 13.6. The number of nitrogens with zero attached hydrogens (tertiary/aromatic N) is 1. The van der Waals surface area contributed by atoms with Crippen LogP contribution in [0.5, 0.6) is 0 Å². The number of hydrogen-bond donors (Lipinski definition) is 2. The van der Waals surface area contributed by atoms with Crippen LogP contribution >= 0.6 is 0 Å². The Kier molecular flexibility index (Phi) is 8.85. The average molecular weight is 670 g/mol. The first-order valence-electron chi connectivity index (χ1n) is 18.0. The van der Waals surface area contributed by atoms with Gasteiger partial charge in [-0.1, -0.05) is 152 Å². The summed E-state index contributed by atoms with van der Waals surface area (Å²) in [6.45, 7) is 8.39. The molecular weight excluding hydrogens is 625 g/mol. The van der Waals surface area contributed by atoms with Gasteiger partial charge in [-0.05, 0) is 78.5 Å². The van der Waals surface area contributed by atoms with Gasteiger partial charge in [0.25, 0.3) is 0 Å². The summed E-state index contributed by atoms with van der Waals surface area (Å²) >= 11 is 0. The van der Waals surface area contributed by atoms with Crippen LogP contribution in [0.2, 0.25) is 0 Å². The number of aliphatic imine (C=N–C) groups is 1. The topological polar surface area (TPSA) is 54.9 Å². The highest BCUT2D eigenvalue weighted by Crippen LogP contribution is 2.37. The molecule has 5 nitrogen and oxygen atoms in total. The summed E-state index contributed by atoms with van der Waals surface area (Å²) in [5, 5.41) is 7.54. The smallest absolute Gasteiger partial charge is 0.399 e. The highest BCUT2D eigenvalue weighted by atomic mass is 16.7. The number of nitrogens with one attached hydrogen (secondary N) is 2. The maximum atomic E-state index is 6.36. The highest BCUT2D eigenvalue weighted by Gasteiger charge is 2.51. The second-order valence-corrected chi connectivity index (χ2v) is 14.7. The zero-order chi connectivity index (χ0) is 35.0. The summed E-state index contributed by atoms with van der Waals surface area (Å²) in [6.07, 6.45) is 7.51. The van der Waals surface area contributed by atoms with Crippen molar-refractivity contribution in [3.63, 3.8) is 0 Å². The molecule has 2 N–H and O–H groups in total. The van der Waals surface area contributed by atoms with E-state index in [1.165, 1.54) is 33.4 Å². The van der Waals surface area contributed by atoms with Crippen LogP contribution in [0.3, 0.4) is 0 Å². The Morgan fingerprint density at radius 2 is 1.20 bits per heavy atom. The van der Waals surface area contributed by atoms with Gasteiger partial charge in [0.2, 0.25) is 0 Å². The first-order chi connectivity index (χ1) is 24.7. The van der Waals surface area contributed by atoms with Crippen molar-refractivity contribution >= 4 is 18.4 Å². The molecule has 0 spiro atoms. The van der Waals surface area contributed by atoms with Gasteiger partial charge in [0, 0.05) is 11.5 Å². The third-order valence-electron chi connectivity index (χ3n) is 10.8. The first-order valence-corrected chi connectivity index (χ1v) is 18.0. The number of amidine groups is 1. The van der Waals surface area contributed by atoms with Gasteiger partial charge in [-0.15, -0.1) is 0 Å². The van der Waals surface area contributed by atoms with Crippen molar-refractivity contribution < 1.29 is 9.31 Å². The Morgan fingerprint density at radius 1 is 0.627 bits per heavy atom. The van der Waals surface area contributed by atoms with Crippen molar-refractivity contribution in [2.45, 2.75) is 63.6 Å². The van der Waals surface area contributed by atoms with Crippen molar-refractivity contribution in [1.29, 1.82) is 0 Å². The van der Waals surface area contributed by atoms with E-state index < -0.39 is 0 Å². The summed E-state index contributed by atoms with van der Waals surface area (Å²) in [4.78, 5) is 5.22. The van der Waals surface area contributed by atoms with Crippen LogP contribution in [0.25, 0.3) is 22.3 Å². The van der Waals surface area contributed by atoms with E-state index in [0.717, 1.165) is 28.8 Å². The van der Waals surface area contributed by atoms with Gasteiger partial charge in [0.1, 0.15) is 18.2 Å². The molecule has 2 heterocycles. The fraction of sp³-hybridized carbons (Fsp3) is 0.222. The molecule has 5 aromatic rings. The monoisotopic (exact) mass is 669 g/mol. The number of benzene rings is 5. The molecule has 0 radical (unpaired) electrons. The van der Waals surface area contributed by atoms with E-state index >= 15 is 0 Å². The van der Waals surface area contributed by atoms with Gasteiger partial charge in [0.15, 0.2) is 0 Å². The third kappa shape index (κ3) is 6.87. The van der Waals surface area contributed by atoms with Gasteiger partial charge in [-0.2, -0.15) is 0 Å². The Morgan fingerprint density at radius 3 is 1.78 bits per heavy atom. The van der Waals surface area contributed by atoms with Crippen molar-refractivity contribution in [2.75, 3.05) is 0 Å². The van der Waals surface area contributed by atoms with E-state index in [2.05, 4.69) is 184 Å². The van der Waals surface area contributed by atoms with Gasteiger partial charge in [-0.3, -0.25) is 5.32 Å². The minimum Gasteiger partial charge on any atom is -0.399 e. The molecule has 1 saturated heterocycles. The van der Waals surface area contributed by atoms with Crippen LogP contribution in [0, 0.1) is 0 Å². The van der Waals surface area contributed by atoms with Crippen LogP contribution in [-0.2, 0) is 9.31 Å². The van der Waals surface area contributed by atoms with E-state index in [1.807, 2.05) is 6.07 Å². The van der Waals surface area contributed by atoms with Gasteiger partial charge in [-0.25, -0.2) is 4.99 Å². The molecule has 3 unspecified atom stereocenters. The van der Waals surface area contributed by atoms with Crippen LogP contribution in [-0.4, -0.2) is 30.3 Å². The lowest BCUT2D eigenvalue weighted by molar-refractivity contribution is 0.00578. The van der Waals surface area contributed by atoms with Gasteiger partial charge in [0.05, 0.1) is 11.2 Å². The number of rotatable bonds is 7. The maximum absolute atomic E-state index is 6.36. The van der Waals surface area contributed by atoms with Crippen molar-refractivity contribution in [1.82, 2.24) is 10.6 Å². The minimum absolute atomic E-state index is 0.113. The lowest BCUT2D eigenvalue weighted by Crippen LogP contribution is -2.52. The summed E-state index contributed by atoms with van der Waals surface area (Å²) in [5.74, 6) is 1.14. The largest absolute Gasteiger partial charge is 0.494 e. The second-order valence-electron chi connectivity index (χ2n) is 14.7. The summed E-state index contributed by atoms with van der Waals surface area (Å²) in [6, 6.07) is 47.1. The predicted octanol–water partition coefficient (Wildman–Crippen LogP) is 8.95. The molecule has 0 saturated carbocycles. The zero-order valence-electron chi connectivity index (χ0n) is 29.7. The predicted molar refractivity (Wildman–Crippen MR) is 210 cm³/mol. The number of hydrogen-bond acceptors (Lipinski definition) is 5. The normalized spacial score (nSPS) is 22.2. The molecule has 254 valence electrons. The first kappa shape index (κ1) is 33.2. The van der Waals surface area contributed by atoms with Crippen LogP contribution in [0.15, 0.2) is 162 Å². The molecule has 2 aliphatic heterocycles. The van der Waals surface area contributed by atoms with Gasteiger partial charge >= 0.3 is 7.12 Å². The molecule has 3 atom stereocenters. The SMILES string of the molecule is CC1(C)OB(c2cccc(C3C=CC(C4NC(c5ccc(-c6ccccc6)cc5)=NC(c5ccc(-c6ccccc6)cc5)N4)=CC3)c2)OC1(C)C. The van der Waals surface area contributed by atoms with E-state index in [0.29, 0.717) is 0 Å². The molecule has 1 fully saturated rings.